The summed E-state index contributed by atoms with van der Waals surface area (Å²) in [4.78, 5) is 11.6. The van der Waals surface area contributed by atoms with Crippen LogP contribution in [0.5, 0.6) is 0 Å². The lowest BCUT2D eigenvalue weighted by Crippen LogP contribution is -2.39. The monoisotopic (exact) mass is 200 g/mol. The summed E-state index contributed by atoms with van der Waals surface area (Å²) in [5.74, 6) is 0.235. The standard InChI is InChI=1S/C11H20O3/c1-4-13-11(12)9-6-5-7-14-10(9)8(2)3/h8-10H,4-7H2,1-3H3/t9-,10-/m0/s1. The molecule has 14 heavy (non-hydrogen) atoms. The first-order chi connectivity index (χ1) is 6.66. The van der Waals surface area contributed by atoms with Crippen LogP contribution in [0, 0.1) is 11.8 Å². The van der Waals surface area contributed by atoms with Crippen LogP contribution in [0.3, 0.4) is 0 Å². The lowest BCUT2D eigenvalue weighted by atomic mass is 9.87. The summed E-state index contributed by atoms with van der Waals surface area (Å²) in [5.41, 5.74) is 0. The van der Waals surface area contributed by atoms with Crippen molar-refractivity contribution in [2.24, 2.45) is 11.8 Å². The van der Waals surface area contributed by atoms with E-state index in [1.165, 1.54) is 0 Å². The van der Waals surface area contributed by atoms with Crippen molar-refractivity contribution in [3.05, 3.63) is 0 Å². The van der Waals surface area contributed by atoms with E-state index < -0.39 is 0 Å². The van der Waals surface area contributed by atoms with E-state index in [4.69, 9.17) is 9.47 Å². The number of carbonyl (C=O) groups excluding carboxylic acids is 1. The maximum Gasteiger partial charge on any atom is 0.311 e. The summed E-state index contributed by atoms with van der Waals surface area (Å²) in [6, 6.07) is 0. The van der Waals surface area contributed by atoms with Crippen molar-refractivity contribution < 1.29 is 14.3 Å². The Bertz CT molecular complexity index is 189. The van der Waals surface area contributed by atoms with Crippen LogP contribution in [0.4, 0.5) is 0 Å². The minimum Gasteiger partial charge on any atom is -0.466 e. The molecule has 0 aromatic carbocycles. The van der Waals surface area contributed by atoms with Crippen molar-refractivity contribution in [2.75, 3.05) is 13.2 Å². The largest absolute Gasteiger partial charge is 0.466 e. The number of carbonyl (C=O) groups is 1. The average molecular weight is 200 g/mol. The molecule has 0 aliphatic carbocycles. The SMILES string of the molecule is CCOC(=O)[C@H]1CCCO[C@H]1C(C)C. The highest BCUT2D eigenvalue weighted by Gasteiger charge is 2.34. The topological polar surface area (TPSA) is 35.5 Å². The molecule has 0 amide bonds. The van der Waals surface area contributed by atoms with E-state index in [-0.39, 0.29) is 18.0 Å². The smallest absolute Gasteiger partial charge is 0.311 e. The van der Waals surface area contributed by atoms with Gasteiger partial charge >= 0.3 is 5.97 Å². The van der Waals surface area contributed by atoms with Gasteiger partial charge < -0.3 is 9.47 Å². The zero-order chi connectivity index (χ0) is 10.6. The van der Waals surface area contributed by atoms with Crippen molar-refractivity contribution in [2.45, 2.75) is 39.7 Å². The summed E-state index contributed by atoms with van der Waals surface area (Å²) in [6.45, 7) is 7.25. The number of rotatable bonds is 3. The summed E-state index contributed by atoms with van der Waals surface area (Å²) in [6.07, 6.45) is 1.91. The molecular formula is C11H20O3. The minimum absolute atomic E-state index is 0.0443. The quantitative estimate of drug-likeness (QED) is 0.654. The van der Waals surface area contributed by atoms with Gasteiger partial charge in [0.15, 0.2) is 0 Å². The second kappa shape index (κ2) is 5.35. The molecule has 0 spiro atoms. The van der Waals surface area contributed by atoms with Gasteiger partial charge in [-0.3, -0.25) is 4.79 Å². The number of hydrogen-bond acceptors (Lipinski definition) is 3. The molecular weight excluding hydrogens is 180 g/mol. The predicted molar refractivity (Wildman–Crippen MR) is 53.9 cm³/mol. The van der Waals surface area contributed by atoms with Gasteiger partial charge in [0.05, 0.1) is 18.6 Å². The van der Waals surface area contributed by atoms with Crippen molar-refractivity contribution in [1.82, 2.24) is 0 Å². The molecule has 1 aliphatic rings. The van der Waals surface area contributed by atoms with Crippen LogP contribution in [-0.4, -0.2) is 25.3 Å². The molecule has 1 rings (SSSR count). The Hall–Kier alpha value is -0.570. The number of hydrogen-bond donors (Lipinski definition) is 0. The minimum atomic E-state index is -0.0918. The fourth-order valence-corrected chi connectivity index (χ4v) is 1.96. The second-order valence-electron chi connectivity index (χ2n) is 4.08. The Labute approximate surface area is 85.8 Å². The average Bonchev–Trinajstić information content (AvgIpc) is 2.18. The van der Waals surface area contributed by atoms with Crippen molar-refractivity contribution >= 4 is 5.97 Å². The van der Waals surface area contributed by atoms with Crippen LogP contribution in [0.15, 0.2) is 0 Å². The molecule has 1 aliphatic heterocycles. The Kier molecular flexibility index (Phi) is 4.39. The van der Waals surface area contributed by atoms with Gasteiger partial charge in [-0.25, -0.2) is 0 Å². The molecule has 0 bridgehead atoms. The third kappa shape index (κ3) is 2.71. The third-order valence-corrected chi connectivity index (χ3v) is 2.61. The van der Waals surface area contributed by atoms with Crippen molar-refractivity contribution in [3.63, 3.8) is 0 Å². The number of ether oxygens (including phenoxy) is 2. The summed E-state index contributed by atoms with van der Waals surface area (Å²) >= 11 is 0. The van der Waals surface area contributed by atoms with E-state index in [1.807, 2.05) is 6.92 Å². The van der Waals surface area contributed by atoms with Crippen LogP contribution in [0.1, 0.15) is 33.6 Å². The Balaban J connectivity index is 2.57. The van der Waals surface area contributed by atoms with Gasteiger partial charge in [0.1, 0.15) is 0 Å². The Morgan fingerprint density at radius 1 is 1.57 bits per heavy atom. The van der Waals surface area contributed by atoms with E-state index in [0.29, 0.717) is 12.5 Å². The maximum atomic E-state index is 11.6. The fraction of sp³-hybridized carbons (Fsp3) is 0.909. The first-order valence-corrected chi connectivity index (χ1v) is 5.45. The molecule has 1 saturated heterocycles. The third-order valence-electron chi connectivity index (χ3n) is 2.61. The van der Waals surface area contributed by atoms with E-state index in [2.05, 4.69) is 13.8 Å². The van der Waals surface area contributed by atoms with Crippen LogP contribution in [-0.2, 0) is 14.3 Å². The summed E-state index contributed by atoms with van der Waals surface area (Å²) in [5, 5.41) is 0. The molecule has 0 saturated carbocycles. The zero-order valence-corrected chi connectivity index (χ0v) is 9.29. The lowest BCUT2D eigenvalue weighted by molar-refractivity contribution is -0.160. The van der Waals surface area contributed by atoms with Crippen LogP contribution >= 0.6 is 0 Å². The molecule has 2 atom stereocenters. The normalized spacial score (nSPS) is 27.7. The van der Waals surface area contributed by atoms with Gasteiger partial charge in [-0.15, -0.1) is 0 Å². The van der Waals surface area contributed by atoms with Gasteiger partial charge in [-0.1, -0.05) is 13.8 Å². The molecule has 82 valence electrons. The highest BCUT2D eigenvalue weighted by molar-refractivity contribution is 5.73. The predicted octanol–water partition coefficient (Wildman–Crippen LogP) is 2.00. The molecule has 3 nitrogen and oxygen atoms in total. The highest BCUT2D eigenvalue weighted by atomic mass is 16.5. The highest BCUT2D eigenvalue weighted by Crippen LogP contribution is 2.27. The first-order valence-electron chi connectivity index (χ1n) is 5.45. The number of esters is 1. The van der Waals surface area contributed by atoms with Gasteiger partial charge in [0.2, 0.25) is 0 Å². The fourth-order valence-electron chi connectivity index (χ4n) is 1.96. The van der Waals surface area contributed by atoms with Crippen LogP contribution in [0.2, 0.25) is 0 Å². The van der Waals surface area contributed by atoms with Gasteiger partial charge in [0, 0.05) is 6.61 Å². The van der Waals surface area contributed by atoms with Crippen LogP contribution < -0.4 is 0 Å². The maximum absolute atomic E-state index is 11.6. The van der Waals surface area contributed by atoms with Crippen molar-refractivity contribution in [1.29, 1.82) is 0 Å². The van der Waals surface area contributed by atoms with E-state index in [9.17, 15) is 4.79 Å². The molecule has 0 N–H and O–H groups in total. The first kappa shape index (κ1) is 11.5. The zero-order valence-electron chi connectivity index (χ0n) is 9.29. The van der Waals surface area contributed by atoms with Gasteiger partial charge in [0.25, 0.3) is 0 Å². The van der Waals surface area contributed by atoms with E-state index in [1.54, 1.807) is 0 Å². The molecule has 3 heteroatoms. The van der Waals surface area contributed by atoms with Crippen LogP contribution in [0.25, 0.3) is 0 Å². The van der Waals surface area contributed by atoms with Gasteiger partial charge in [-0.2, -0.15) is 0 Å². The summed E-state index contributed by atoms with van der Waals surface area (Å²) in [7, 11) is 0. The Morgan fingerprint density at radius 2 is 2.29 bits per heavy atom. The second-order valence-corrected chi connectivity index (χ2v) is 4.08. The Morgan fingerprint density at radius 3 is 2.86 bits per heavy atom. The molecule has 0 aromatic heterocycles. The summed E-state index contributed by atoms with van der Waals surface area (Å²) < 4.78 is 10.7. The molecule has 1 heterocycles. The van der Waals surface area contributed by atoms with Crippen molar-refractivity contribution in [3.8, 4) is 0 Å². The van der Waals surface area contributed by atoms with Gasteiger partial charge in [-0.05, 0) is 25.7 Å². The van der Waals surface area contributed by atoms with E-state index in [0.717, 1.165) is 19.4 Å². The molecule has 0 aromatic rings. The molecule has 1 fully saturated rings. The molecule has 0 unspecified atom stereocenters. The van der Waals surface area contributed by atoms with E-state index >= 15 is 0 Å². The molecule has 0 radical (unpaired) electrons. The lowest BCUT2D eigenvalue weighted by Gasteiger charge is -2.32.